The van der Waals surface area contributed by atoms with Crippen molar-refractivity contribution in [2.75, 3.05) is 25.0 Å². The number of hydrogen-bond acceptors (Lipinski definition) is 5. The van der Waals surface area contributed by atoms with Crippen molar-refractivity contribution in [3.05, 3.63) is 77.1 Å². The summed E-state index contributed by atoms with van der Waals surface area (Å²) in [6, 6.07) is 17.7. The Kier molecular flexibility index (Phi) is 6.63. The van der Waals surface area contributed by atoms with Crippen molar-refractivity contribution in [3.63, 3.8) is 0 Å². The Hall–Kier alpha value is -3.37. The lowest BCUT2D eigenvalue weighted by molar-refractivity contribution is -0.257. The molecule has 0 saturated heterocycles. The average Bonchev–Trinajstić information content (AvgIpc) is 3.51. The number of hydrogen-bond donors (Lipinski definition) is 2. The van der Waals surface area contributed by atoms with E-state index in [-0.39, 0.29) is 6.54 Å². The van der Waals surface area contributed by atoms with E-state index in [2.05, 4.69) is 10.4 Å². The fraction of sp³-hybridized carbons (Fsp3) is 0.250. The van der Waals surface area contributed by atoms with Crippen LogP contribution in [0.5, 0.6) is 0 Å². The number of amides is 1. The summed E-state index contributed by atoms with van der Waals surface area (Å²) >= 11 is 1.14. The molecule has 1 atom stereocenters. The monoisotopic (exact) mass is 488 g/mol. The Balaban J connectivity index is 1.59. The molecule has 6 nitrogen and oxygen atoms in total. The molecule has 2 aromatic carbocycles. The van der Waals surface area contributed by atoms with Gasteiger partial charge in [0.2, 0.25) is 0 Å². The summed E-state index contributed by atoms with van der Waals surface area (Å²) < 4.78 is 43.7. The fourth-order valence-electron chi connectivity index (χ4n) is 3.67. The minimum atomic E-state index is -4.97. The van der Waals surface area contributed by atoms with Crippen molar-refractivity contribution in [2.45, 2.75) is 18.7 Å². The van der Waals surface area contributed by atoms with Gasteiger partial charge < -0.3 is 15.3 Å². The quantitative estimate of drug-likeness (QED) is 0.368. The van der Waals surface area contributed by atoms with E-state index in [0.717, 1.165) is 21.9 Å². The summed E-state index contributed by atoms with van der Waals surface area (Å²) in [6.45, 7) is -0.126. The van der Waals surface area contributed by atoms with E-state index in [9.17, 15) is 23.1 Å². The molecule has 1 amide bonds. The lowest BCUT2D eigenvalue weighted by Gasteiger charge is -2.35. The third-order valence-electron chi connectivity index (χ3n) is 5.57. The van der Waals surface area contributed by atoms with Gasteiger partial charge in [0, 0.05) is 17.6 Å². The van der Waals surface area contributed by atoms with Crippen molar-refractivity contribution in [1.82, 2.24) is 14.7 Å². The highest BCUT2D eigenvalue weighted by atomic mass is 32.1. The molecular formula is C24H23F3N4O2S. The molecular weight excluding hydrogens is 465 g/mol. The molecule has 0 aliphatic rings. The van der Waals surface area contributed by atoms with Crippen LogP contribution in [0.4, 0.5) is 18.9 Å². The van der Waals surface area contributed by atoms with Crippen LogP contribution in [-0.2, 0) is 0 Å². The van der Waals surface area contributed by atoms with E-state index < -0.39 is 30.8 Å². The Morgan fingerprint density at radius 1 is 1.12 bits per heavy atom. The molecule has 0 bridgehead atoms. The first-order chi connectivity index (χ1) is 16.2. The normalized spacial score (nSPS) is 13.6. The lowest BCUT2D eigenvalue weighted by Crippen LogP contribution is -2.58. The summed E-state index contributed by atoms with van der Waals surface area (Å²) in [5.74, 6) is -0.550. The number of alkyl halides is 3. The first-order valence-corrected chi connectivity index (χ1v) is 11.5. The highest BCUT2D eigenvalue weighted by Gasteiger charge is 2.55. The van der Waals surface area contributed by atoms with Crippen LogP contribution in [0.25, 0.3) is 16.6 Å². The SMILES string of the molecule is CCN(CC(O)(CNc1cccc2c1cnn2-c1ccccc1)C(F)(F)F)C(=O)c1cccs1. The van der Waals surface area contributed by atoms with Crippen LogP contribution in [0.15, 0.2) is 72.2 Å². The van der Waals surface area contributed by atoms with E-state index in [4.69, 9.17) is 0 Å². The molecule has 2 heterocycles. The van der Waals surface area contributed by atoms with Crippen LogP contribution in [0.3, 0.4) is 0 Å². The molecule has 4 aromatic rings. The predicted octanol–water partition coefficient (Wildman–Crippen LogP) is 4.95. The first kappa shape index (κ1) is 23.8. The topological polar surface area (TPSA) is 70.4 Å². The Labute approximate surface area is 198 Å². The fourth-order valence-corrected chi connectivity index (χ4v) is 4.36. The molecule has 0 saturated carbocycles. The standard InChI is InChI=1S/C24H23F3N4O2S/c1-2-30(22(32)21-12-7-13-34-21)16-23(33,24(25,26)27)15-28-19-10-6-11-20-18(19)14-29-31(20)17-8-4-3-5-9-17/h3-14,28,33H,2,15-16H2,1H3. The van der Waals surface area contributed by atoms with Crippen molar-refractivity contribution in [2.24, 2.45) is 0 Å². The summed E-state index contributed by atoms with van der Waals surface area (Å²) in [5.41, 5.74) is -1.25. The number of nitrogens with one attached hydrogen (secondary N) is 1. The Bertz CT molecular complexity index is 1260. The first-order valence-electron chi connectivity index (χ1n) is 10.6. The minimum Gasteiger partial charge on any atom is -0.381 e. The van der Waals surface area contributed by atoms with Gasteiger partial charge in [0.25, 0.3) is 5.91 Å². The Morgan fingerprint density at radius 3 is 2.53 bits per heavy atom. The van der Waals surface area contributed by atoms with Crippen LogP contribution in [0, 0.1) is 0 Å². The number of halogens is 3. The number of rotatable bonds is 8. The van der Waals surface area contributed by atoms with Crippen LogP contribution >= 0.6 is 11.3 Å². The molecule has 2 aromatic heterocycles. The summed E-state index contributed by atoms with van der Waals surface area (Å²) in [4.78, 5) is 14.0. The molecule has 10 heteroatoms. The van der Waals surface area contributed by atoms with E-state index in [1.165, 1.54) is 0 Å². The average molecular weight is 489 g/mol. The molecule has 34 heavy (non-hydrogen) atoms. The lowest BCUT2D eigenvalue weighted by atomic mass is 10.0. The molecule has 0 radical (unpaired) electrons. The number of likely N-dealkylation sites (N-methyl/N-ethyl adjacent to an activating group) is 1. The van der Waals surface area contributed by atoms with Gasteiger partial charge in [0.15, 0.2) is 5.60 Å². The second-order valence-corrected chi connectivity index (χ2v) is 8.76. The number of anilines is 1. The highest BCUT2D eigenvalue weighted by Crippen LogP contribution is 2.33. The molecule has 0 aliphatic heterocycles. The van der Waals surface area contributed by atoms with Gasteiger partial charge in [-0.25, -0.2) is 4.68 Å². The number of carbonyl (C=O) groups excluding carboxylic acids is 1. The van der Waals surface area contributed by atoms with E-state index in [1.807, 2.05) is 36.4 Å². The molecule has 178 valence electrons. The zero-order valence-corrected chi connectivity index (χ0v) is 19.1. The minimum absolute atomic E-state index is 0.0224. The van der Waals surface area contributed by atoms with Gasteiger partial charge in [-0.05, 0) is 42.6 Å². The molecule has 0 spiro atoms. The zero-order valence-electron chi connectivity index (χ0n) is 18.3. The summed E-state index contributed by atoms with van der Waals surface area (Å²) in [7, 11) is 0. The number of aliphatic hydroxyl groups is 1. The van der Waals surface area contributed by atoms with E-state index >= 15 is 0 Å². The molecule has 4 rings (SSSR count). The van der Waals surface area contributed by atoms with Gasteiger partial charge in [-0.3, -0.25) is 4.79 Å². The summed E-state index contributed by atoms with van der Waals surface area (Å²) in [6.07, 6.45) is -3.40. The van der Waals surface area contributed by atoms with Crippen LogP contribution in [0.2, 0.25) is 0 Å². The van der Waals surface area contributed by atoms with Crippen molar-refractivity contribution < 1.29 is 23.1 Å². The number of aromatic nitrogens is 2. The van der Waals surface area contributed by atoms with Crippen molar-refractivity contribution >= 4 is 33.8 Å². The second-order valence-electron chi connectivity index (χ2n) is 7.81. The number of carbonyl (C=O) groups is 1. The van der Waals surface area contributed by atoms with Crippen LogP contribution in [-0.4, -0.2) is 57.1 Å². The number of nitrogens with zero attached hydrogens (tertiary/aromatic N) is 3. The largest absolute Gasteiger partial charge is 0.420 e. The van der Waals surface area contributed by atoms with Crippen LogP contribution in [0.1, 0.15) is 16.6 Å². The maximum Gasteiger partial charge on any atom is 0.420 e. The van der Waals surface area contributed by atoms with E-state index in [1.54, 1.807) is 47.4 Å². The number of para-hydroxylation sites is 1. The molecule has 1 unspecified atom stereocenters. The van der Waals surface area contributed by atoms with E-state index in [0.29, 0.717) is 21.5 Å². The second kappa shape index (κ2) is 9.47. The zero-order chi connectivity index (χ0) is 24.3. The third-order valence-corrected chi connectivity index (χ3v) is 6.42. The van der Waals surface area contributed by atoms with Crippen molar-refractivity contribution in [1.29, 1.82) is 0 Å². The number of fused-ring (bicyclic) bond motifs is 1. The maximum absolute atomic E-state index is 14.0. The van der Waals surface area contributed by atoms with Gasteiger partial charge in [-0.1, -0.05) is 30.3 Å². The predicted molar refractivity (Wildman–Crippen MR) is 126 cm³/mol. The highest BCUT2D eigenvalue weighted by molar-refractivity contribution is 7.12. The summed E-state index contributed by atoms with van der Waals surface area (Å²) in [5, 5.41) is 20.1. The van der Waals surface area contributed by atoms with Crippen molar-refractivity contribution in [3.8, 4) is 5.69 Å². The van der Waals surface area contributed by atoms with Gasteiger partial charge >= 0.3 is 6.18 Å². The van der Waals surface area contributed by atoms with Crippen LogP contribution < -0.4 is 5.32 Å². The Morgan fingerprint density at radius 2 is 1.88 bits per heavy atom. The number of benzene rings is 2. The smallest absolute Gasteiger partial charge is 0.381 e. The maximum atomic E-state index is 14.0. The molecule has 0 aliphatic carbocycles. The van der Waals surface area contributed by atoms with Gasteiger partial charge in [-0.2, -0.15) is 18.3 Å². The van der Waals surface area contributed by atoms with Gasteiger partial charge in [0.1, 0.15) is 0 Å². The van der Waals surface area contributed by atoms with Gasteiger partial charge in [0.05, 0.1) is 35.4 Å². The third kappa shape index (κ3) is 4.64. The molecule has 0 fully saturated rings. The molecule has 2 N–H and O–H groups in total. The number of thiophene rings is 1. The van der Waals surface area contributed by atoms with Gasteiger partial charge in [-0.15, -0.1) is 11.3 Å².